The van der Waals surface area contributed by atoms with E-state index in [9.17, 15) is 4.79 Å². The Morgan fingerprint density at radius 2 is 2.00 bits per heavy atom. The highest BCUT2D eigenvalue weighted by Gasteiger charge is 2.29. The molecule has 3 nitrogen and oxygen atoms in total. The van der Waals surface area contributed by atoms with Gasteiger partial charge in [-0.05, 0) is 56.4 Å². The van der Waals surface area contributed by atoms with Gasteiger partial charge in [0.05, 0.1) is 0 Å². The molecule has 17 heavy (non-hydrogen) atoms. The van der Waals surface area contributed by atoms with Gasteiger partial charge in [0.15, 0.2) is 0 Å². The number of carbonyl (C=O) groups is 1. The van der Waals surface area contributed by atoms with Gasteiger partial charge in [-0.15, -0.1) is 0 Å². The van der Waals surface area contributed by atoms with Gasteiger partial charge in [-0.25, -0.2) is 0 Å². The molecule has 1 aromatic carbocycles. The maximum Gasteiger partial charge on any atom is 0.254 e. The van der Waals surface area contributed by atoms with Crippen LogP contribution >= 0.6 is 0 Å². The molecule has 2 rings (SSSR count). The number of rotatable bonds is 4. The lowest BCUT2D eigenvalue weighted by atomic mass is 10.0. The first-order valence-electron chi connectivity index (χ1n) is 6.36. The van der Waals surface area contributed by atoms with Crippen LogP contribution in [-0.2, 0) is 0 Å². The zero-order valence-corrected chi connectivity index (χ0v) is 10.6. The summed E-state index contributed by atoms with van der Waals surface area (Å²) < 4.78 is 0. The number of nitrogens with two attached hydrogens (primary N) is 1. The van der Waals surface area contributed by atoms with Crippen molar-refractivity contribution >= 4 is 11.6 Å². The fraction of sp³-hybridized carbons (Fsp3) is 0.500. The number of anilines is 1. The predicted molar refractivity (Wildman–Crippen MR) is 70.1 cm³/mol. The Labute approximate surface area is 103 Å². The Morgan fingerprint density at radius 1 is 1.35 bits per heavy atom. The van der Waals surface area contributed by atoms with Crippen LogP contribution in [0.2, 0.25) is 0 Å². The predicted octanol–water partition coefficient (Wildman–Crippen LogP) is 2.63. The number of hydrogen-bond acceptors (Lipinski definition) is 2. The van der Waals surface area contributed by atoms with Crippen LogP contribution in [-0.4, -0.2) is 23.9 Å². The van der Waals surface area contributed by atoms with Gasteiger partial charge in [-0.1, -0.05) is 0 Å². The summed E-state index contributed by atoms with van der Waals surface area (Å²) >= 11 is 0. The molecule has 0 unspecified atom stereocenters. The van der Waals surface area contributed by atoms with Crippen LogP contribution in [0, 0.1) is 0 Å². The smallest absolute Gasteiger partial charge is 0.254 e. The van der Waals surface area contributed by atoms with E-state index in [-0.39, 0.29) is 5.91 Å². The van der Waals surface area contributed by atoms with E-state index >= 15 is 0 Å². The molecule has 1 aliphatic carbocycles. The average Bonchev–Trinajstić information content (AvgIpc) is 3.14. The number of nitrogens with zero attached hydrogens (tertiary/aromatic N) is 1. The first-order valence-corrected chi connectivity index (χ1v) is 6.36. The van der Waals surface area contributed by atoms with Crippen molar-refractivity contribution < 1.29 is 4.79 Å². The zero-order valence-electron chi connectivity index (χ0n) is 10.6. The molecule has 1 aromatic rings. The van der Waals surface area contributed by atoms with E-state index < -0.39 is 0 Å². The number of benzene rings is 1. The minimum absolute atomic E-state index is 0.136. The number of nitrogen functional groups attached to an aromatic ring is 1. The van der Waals surface area contributed by atoms with E-state index in [1.807, 2.05) is 36.9 Å². The molecule has 2 N–H and O–H groups in total. The molecule has 92 valence electrons. The quantitative estimate of drug-likeness (QED) is 0.811. The van der Waals surface area contributed by atoms with E-state index in [2.05, 4.69) is 0 Å². The lowest BCUT2D eigenvalue weighted by Gasteiger charge is -2.20. The van der Waals surface area contributed by atoms with E-state index in [0.717, 1.165) is 29.9 Å². The van der Waals surface area contributed by atoms with Crippen molar-refractivity contribution in [1.29, 1.82) is 0 Å². The summed E-state index contributed by atoms with van der Waals surface area (Å²) in [5, 5.41) is 0. The van der Waals surface area contributed by atoms with Gasteiger partial charge in [-0.2, -0.15) is 0 Å². The molecule has 0 heterocycles. The zero-order chi connectivity index (χ0) is 12.4. The molecule has 0 aromatic heterocycles. The van der Waals surface area contributed by atoms with Crippen molar-refractivity contribution in [2.45, 2.75) is 32.6 Å². The van der Waals surface area contributed by atoms with Crippen LogP contribution in [0.3, 0.4) is 0 Å². The third kappa shape index (κ3) is 2.43. The third-order valence-corrected chi connectivity index (χ3v) is 3.37. The summed E-state index contributed by atoms with van der Waals surface area (Å²) in [6.07, 6.45) is 2.37. The van der Waals surface area contributed by atoms with Gasteiger partial charge in [0.1, 0.15) is 0 Å². The summed E-state index contributed by atoms with van der Waals surface area (Å²) in [4.78, 5) is 14.2. The van der Waals surface area contributed by atoms with Crippen molar-refractivity contribution in [1.82, 2.24) is 4.90 Å². The highest BCUT2D eigenvalue weighted by molar-refractivity contribution is 5.96. The molecule has 1 saturated carbocycles. The second-order valence-electron chi connectivity index (χ2n) is 4.60. The van der Waals surface area contributed by atoms with Gasteiger partial charge in [-0.3, -0.25) is 4.79 Å². The summed E-state index contributed by atoms with van der Waals surface area (Å²) in [6, 6.07) is 5.67. The monoisotopic (exact) mass is 232 g/mol. The minimum atomic E-state index is 0.136. The highest BCUT2D eigenvalue weighted by atomic mass is 16.2. The fourth-order valence-corrected chi connectivity index (χ4v) is 2.19. The summed E-state index contributed by atoms with van der Waals surface area (Å²) in [7, 11) is 0. The molecule has 0 bridgehead atoms. The van der Waals surface area contributed by atoms with Crippen molar-refractivity contribution in [2.75, 3.05) is 18.8 Å². The van der Waals surface area contributed by atoms with Crippen LogP contribution < -0.4 is 5.73 Å². The summed E-state index contributed by atoms with van der Waals surface area (Å²) in [5.74, 6) is 0.685. The number of amides is 1. The Kier molecular flexibility index (Phi) is 3.36. The first-order chi connectivity index (χ1) is 8.17. The molecule has 1 fully saturated rings. The van der Waals surface area contributed by atoms with Crippen LogP contribution in [0.4, 0.5) is 5.69 Å². The van der Waals surface area contributed by atoms with Crippen LogP contribution in [0.5, 0.6) is 0 Å². The van der Waals surface area contributed by atoms with Crippen molar-refractivity contribution in [3.8, 4) is 0 Å². The standard InChI is InChI=1S/C14H20N2O/c1-3-16(4-2)14(17)12-8-7-11(15)9-13(12)10-5-6-10/h7-10H,3-6,15H2,1-2H3. The molecule has 3 heteroatoms. The molecular weight excluding hydrogens is 212 g/mol. The normalized spacial score (nSPS) is 14.7. The Morgan fingerprint density at radius 3 is 2.53 bits per heavy atom. The topological polar surface area (TPSA) is 46.3 Å². The summed E-state index contributed by atoms with van der Waals surface area (Å²) in [5.41, 5.74) is 8.54. The molecule has 0 atom stereocenters. The van der Waals surface area contributed by atoms with Crippen molar-refractivity contribution in [3.05, 3.63) is 29.3 Å². The van der Waals surface area contributed by atoms with E-state index in [1.165, 1.54) is 12.8 Å². The molecule has 1 aliphatic rings. The van der Waals surface area contributed by atoms with Crippen molar-refractivity contribution in [3.63, 3.8) is 0 Å². The Hall–Kier alpha value is -1.51. The Bertz CT molecular complexity index is 420. The molecule has 0 saturated heterocycles. The first kappa shape index (κ1) is 12.0. The van der Waals surface area contributed by atoms with Crippen LogP contribution in [0.15, 0.2) is 18.2 Å². The van der Waals surface area contributed by atoms with E-state index in [0.29, 0.717) is 5.92 Å². The van der Waals surface area contributed by atoms with Gasteiger partial charge in [0.25, 0.3) is 5.91 Å². The lowest BCUT2D eigenvalue weighted by molar-refractivity contribution is 0.0772. The second-order valence-corrected chi connectivity index (χ2v) is 4.60. The molecule has 0 aliphatic heterocycles. The van der Waals surface area contributed by atoms with Gasteiger partial charge in [0, 0.05) is 24.3 Å². The molecular formula is C14H20N2O. The summed E-state index contributed by atoms with van der Waals surface area (Å²) in [6.45, 7) is 5.53. The van der Waals surface area contributed by atoms with E-state index in [1.54, 1.807) is 0 Å². The van der Waals surface area contributed by atoms with Gasteiger partial charge < -0.3 is 10.6 Å². The van der Waals surface area contributed by atoms with Gasteiger partial charge >= 0.3 is 0 Å². The van der Waals surface area contributed by atoms with Gasteiger partial charge in [0.2, 0.25) is 0 Å². The highest BCUT2D eigenvalue weighted by Crippen LogP contribution is 2.42. The minimum Gasteiger partial charge on any atom is -0.399 e. The largest absolute Gasteiger partial charge is 0.399 e. The van der Waals surface area contributed by atoms with Crippen LogP contribution in [0.25, 0.3) is 0 Å². The van der Waals surface area contributed by atoms with Crippen LogP contribution in [0.1, 0.15) is 48.5 Å². The fourth-order valence-electron chi connectivity index (χ4n) is 2.19. The second kappa shape index (κ2) is 4.78. The molecule has 1 amide bonds. The van der Waals surface area contributed by atoms with Crippen molar-refractivity contribution in [2.24, 2.45) is 0 Å². The average molecular weight is 232 g/mol. The maximum atomic E-state index is 12.4. The third-order valence-electron chi connectivity index (χ3n) is 3.37. The van der Waals surface area contributed by atoms with E-state index in [4.69, 9.17) is 5.73 Å². The number of carbonyl (C=O) groups excluding carboxylic acids is 1. The lowest BCUT2D eigenvalue weighted by Crippen LogP contribution is -2.31. The maximum absolute atomic E-state index is 12.4. The number of hydrogen-bond donors (Lipinski definition) is 1. The molecule has 0 radical (unpaired) electrons. The Balaban J connectivity index is 2.33. The molecule has 0 spiro atoms. The SMILES string of the molecule is CCN(CC)C(=O)c1ccc(N)cc1C1CC1.